The van der Waals surface area contributed by atoms with E-state index >= 15 is 0 Å². The van der Waals surface area contributed by atoms with E-state index in [4.69, 9.17) is 4.74 Å². The predicted octanol–water partition coefficient (Wildman–Crippen LogP) is 3.13. The zero-order chi connectivity index (χ0) is 24.4. The third-order valence-electron chi connectivity index (χ3n) is 4.23. The molecule has 3 rings (SSSR count). The molecular weight excluding hydrogens is 422 g/mol. The Hall–Kier alpha value is -3.94. The Balaban J connectivity index is 0.000000414. The first-order valence-corrected chi connectivity index (χ1v) is 10.4. The summed E-state index contributed by atoms with van der Waals surface area (Å²) in [5.41, 5.74) is 1.80. The van der Waals surface area contributed by atoms with Crippen LogP contribution in [0.15, 0.2) is 60.8 Å². The average Bonchev–Trinajstić information content (AvgIpc) is 3.19. The lowest BCUT2D eigenvalue weighted by molar-refractivity contribution is -0.144. The minimum atomic E-state index is -0.846. The van der Waals surface area contributed by atoms with E-state index < -0.39 is 17.7 Å². The first kappa shape index (κ1) is 25.3. The van der Waals surface area contributed by atoms with Gasteiger partial charge in [0.1, 0.15) is 13.2 Å². The number of Topliss-reactive ketones (excluding diaryl/α,β-unsaturated/α-hetero) is 1. The van der Waals surface area contributed by atoms with Crippen molar-refractivity contribution in [2.24, 2.45) is 0 Å². The summed E-state index contributed by atoms with van der Waals surface area (Å²) in [7, 11) is 0. The highest BCUT2D eigenvalue weighted by Gasteiger charge is 2.20. The number of ether oxygens (including phenoxy) is 1. The molecule has 0 saturated carbocycles. The van der Waals surface area contributed by atoms with Crippen molar-refractivity contribution in [3.63, 3.8) is 0 Å². The lowest BCUT2D eigenvalue weighted by Gasteiger charge is -2.18. The molecule has 33 heavy (non-hydrogen) atoms. The highest BCUT2D eigenvalue weighted by molar-refractivity contribution is 6.45. The van der Waals surface area contributed by atoms with Gasteiger partial charge in [-0.15, -0.1) is 0 Å². The third-order valence-corrected chi connectivity index (χ3v) is 4.23. The van der Waals surface area contributed by atoms with Crippen LogP contribution in [0.4, 0.5) is 0 Å². The van der Waals surface area contributed by atoms with Crippen molar-refractivity contribution in [3.05, 3.63) is 71.9 Å². The summed E-state index contributed by atoms with van der Waals surface area (Å²) >= 11 is 0. The van der Waals surface area contributed by atoms with Crippen LogP contribution in [0.25, 0.3) is 10.9 Å². The minimum absolute atomic E-state index is 0.0255. The van der Waals surface area contributed by atoms with E-state index in [1.807, 2.05) is 63.2 Å². The predicted molar refractivity (Wildman–Crippen MR) is 125 cm³/mol. The summed E-state index contributed by atoms with van der Waals surface area (Å²) in [6.07, 6.45) is 1.49. The Morgan fingerprint density at radius 1 is 0.939 bits per heavy atom. The molecule has 3 aromatic rings. The Bertz CT molecular complexity index is 1110. The van der Waals surface area contributed by atoms with Gasteiger partial charge in [0, 0.05) is 29.6 Å². The molecular formula is C25H29N3O5. The molecule has 3 N–H and O–H groups in total. The van der Waals surface area contributed by atoms with E-state index in [0.717, 1.165) is 11.1 Å². The Kier molecular flexibility index (Phi) is 8.91. The standard InChI is InChI=1S/C19H16N2O4.C6H13NO/c22-17(25-12-13-6-2-1-3-7-13)11-21-19(24)18(23)15-10-20-16-9-5-4-8-14(15)16;1-5(8)7-6(2,3)4/h1-10,20H,11-12H2,(H,21,24);1-4H3,(H,7,8). The second-order valence-corrected chi connectivity index (χ2v) is 8.34. The molecule has 2 aromatic carbocycles. The Morgan fingerprint density at radius 2 is 1.58 bits per heavy atom. The number of esters is 1. The lowest BCUT2D eigenvalue weighted by atomic mass is 10.1. The lowest BCUT2D eigenvalue weighted by Crippen LogP contribution is -2.38. The van der Waals surface area contributed by atoms with E-state index in [-0.39, 0.29) is 30.2 Å². The van der Waals surface area contributed by atoms with Crippen LogP contribution in [0.2, 0.25) is 0 Å². The maximum Gasteiger partial charge on any atom is 0.325 e. The van der Waals surface area contributed by atoms with Crippen molar-refractivity contribution < 1.29 is 23.9 Å². The summed E-state index contributed by atoms with van der Waals surface area (Å²) in [5.74, 6) is -2.13. The molecule has 0 radical (unpaired) electrons. The Morgan fingerprint density at radius 3 is 2.18 bits per heavy atom. The fourth-order valence-corrected chi connectivity index (χ4v) is 2.93. The largest absolute Gasteiger partial charge is 0.460 e. The number of H-pyrrole nitrogens is 1. The van der Waals surface area contributed by atoms with Crippen molar-refractivity contribution in [1.82, 2.24) is 15.6 Å². The zero-order valence-corrected chi connectivity index (χ0v) is 19.2. The average molecular weight is 452 g/mol. The molecule has 0 atom stereocenters. The first-order chi connectivity index (χ1) is 15.6. The van der Waals surface area contributed by atoms with Crippen LogP contribution in [-0.2, 0) is 25.7 Å². The number of nitrogens with one attached hydrogen (secondary N) is 3. The second-order valence-electron chi connectivity index (χ2n) is 8.34. The molecule has 0 unspecified atom stereocenters. The second kappa shape index (κ2) is 11.6. The number of rotatable bonds is 6. The van der Waals surface area contributed by atoms with E-state index in [9.17, 15) is 19.2 Å². The smallest absolute Gasteiger partial charge is 0.325 e. The van der Waals surface area contributed by atoms with Gasteiger partial charge < -0.3 is 20.4 Å². The maximum absolute atomic E-state index is 12.2. The van der Waals surface area contributed by atoms with Crippen molar-refractivity contribution in [3.8, 4) is 0 Å². The van der Waals surface area contributed by atoms with Gasteiger partial charge in [-0.1, -0.05) is 48.5 Å². The quantitative estimate of drug-likeness (QED) is 0.302. The number of benzene rings is 2. The molecule has 0 aliphatic carbocycles. The third kappa shape index (κ3) is 8.60. The van der Waals surface area contributed by atoms with E-state index in [1.165, 1.54) is 13.1 Å². The van der Waals surface area contributed by atoms with Gasteiger partial charge in [-0.2, -0.15) is 0 Å². The van der Waals surface area contributed by atoms with Gasteiger partial charge in [0.05, 0.1) is 5.56 Å². The van der Waals surface area contributed by atoms with Crippen LogP contribution >= 0.6 is 0 Å². The van der Waals surface area contributed by atoms with Gasteiger partial charge in [0.25, 0.3) is 11.7 Å². The molecule has 1 heterocycles. The molecule has 0 fully saturated rings. The van der Waals surface area contributed by atoms with Crippen LogP contribution in [0.5, 0.6) is 0 Å². The van der Waals surface area contributed by atoms with Gasteiger partial charge in [-0.05, 0) is 32.4 Å². The molecule has 0 aliphatic rings. The number of ketones is 1. The number of hydrogen-bond acceptors (Lipinski definition) is 5. The summed E-state index contributed by atoms with van der Waals surface area (Å²) in [5, 5.41) is 5.70. The molecule has 0 saturated heterocycles. The topological polar surface area (TPSA) is 117 Å². The maximum atomic E-state index is 12.2. The number of carbonyl (C=O) groups is 4. The zero-order valence-electron chi connectivity index (χ0n) is 19.2. The summed E-state index contributed by atoms with van der Waals surface area (Å²) in [6.45, 7) is 7.13. The molecule has 174 valence electrons. The van der Waals surface area contributed by atoms with Crippen molar-refractivity contribution in [2.75, 3.05) is 6.54 Å². The van der Waals surface area contributed by atoms with E-state index in [1.54, 1.807) is 12.1 Å². The van der Waals surface area contributed by atoms with Gasteiger partial charge in [0.15, 0.2) is 0 Å². The number of amides is 2. The summed E-state index contributed by atoms with van der Waals surface area (Å²) < 4.78 is 5.05. The Labute approximate surface area is 192 Å². The fourth-order valence-electron chi connectivity index (χ4n) is 2.93. The van der Waals surface area contributed by atoms with Gasteiger partial charge in [-0.25, -0.2) is 0 Å². The van der Waals surface area contributed by atoms with E-state index in [2.05, 4.69) is 15.6 Å². The van der Waals surface area contributed by atoms with Crippen LogP contribution in [0.1, 0.15) is 43.6 Å². The SMILES string of the molecule is CC(=O)NC(C)(C)C.O=C(CNC(=O)C(=O)c1c[nH]c2ccccc12)OCc1ccccc1. The molecule has 8 nitrogen and oxygen atoms in total. The molecule has 0 bridgehead atoms. The number of aromatic nitrogens is 1. The van der Waals surface area contributed by atoms with Crippen LogP contribution in [0, 0.1) is 0 Å². The summed E-state index contributed by atoms with van der Waals surface area (Å²) in [4.78, 5) is 49.2. The highest BCUT2D eigenvalue weighted by atomic mass is 16.5. The molecule has 2 amide bonds. The summed E-state index contributed by atoms with van der Waals surface area (Å²) in [6, 6.07) is 16.4. The number of para-hydroxylation sites is 1. The number of carbonyl (C=O) groups excluding carboxylic acids is 4. The first-order valence-electron chi connectivity index (χ1n) is 10.4. The van der Waals surface area contributed by atoms with Crippen molar-refractivity contribution in [1.29, 1.82) is 0 Å². The van der Waals surface area contributed by atoms with Gasteiger partial charge in [-0.3, -0.25) is 19.2 Å². The minimum Gasteiger partial charge on any atom is -0.460 e. The molecule has 1 aromatic heterocycles. The monoisotopic (exact) mass is 451 g/mol. The van der Waals surface area contributed by atoms with Gasteiger partial charge >= 0.3 is 5.97 Å². The van der Waals surface area contributed by atoms with Gasteiger partial charge in [0.2, 0.25) is 5.91 Å². The number of aromatic amines is 1. The molecule has 0 spiro atoms. The van der Waals surface area contributed by atoms with Crippen LogP contribution in [-0.4, -0.2) is 40.6 Å². The number of fused-ring (bicyclic) bond motifs is 1. The molecule has 0 aliphatic heterocycles. The van der Waals surface area contributed by atoms with Crippen LogP contribution in [0.3, 0.4) is 0 Å². The highest BCUT2D eigenvalue weighted by Crippen LogP contribution is 2.18. The van der Waals surface area contributed by atoms with Crippen LogP contribution < -0.4 is 10.6 Å². The molecule has 8 heteroatoms. The fraction of sp³-hybridized carbons (Fsp3) is 0.280. The van der Waals surface area contributed by atoms with E-state index in [0.29, 0.717) is 5.39 Å². The number of hydrogen-bond donors (Lipinski definition) is 3. The van der Waals surface area contributed by atoms with Crippen molar-refractivity contribution >= 4 is 34.5 Å². The normalized spacial score (nSPS) is 10.5. The van der Waals surface area contributed by atoms with Crippen molar-refractivity contribution in [2.45, 2.75) is 39.8 Å².